The maximum absolute atomic E-state index is 2.33. The first-order valence-corrected chi connectivity index (χ1v) is 6.32. The topological polar surface area (TPSA) is 3.88 Å². The van der Waals surface area contributed by atoms with Gasteiger partial charge in [0.1, 0.15) is 0 Å². The smallest absolute Gasteiger partial charge is 0.168 e. The van der Waals surface area contributed by atoms with Gasteiger partial charge in [-0.1, -0.05) is 19.4 Å². The monoisotopic (exact) mass is 204 g/mol. The third kappa shape index (κ3) is 3.05. The van der Waals surface area contributed by atoms with Crippen molar-refractivity contribution in [1.82, 2.24) is 0 Å². The van der Waals surface area contributed by atoms with Crippen LogP contribution in [0.5, 0.6) is 0 Å². The third-order valence-corrected chi connectivity index (χ3v) is 3.79. The Hall–Kier alpha value is -0.850. The van der Waals surface area contributed by atoms with Gasteiger partial charge in [0.25, 0.3) is 0 Å². The van der Waals surface area contributed by atoms with Crippen molar-refractivity contribution in [2.75, 3.05) is 0 Å². The largest absolute Gasteiger partial charge is 0.205 e. The molecule has 1 aliphatic carbocycles. The van der Waals surface area contributed by atoms with Crippen LogP contribution in [-0.4, -0.2) is 0 Å². The van der Waals surface area contributed by atoms with E-state index in [4.69, 9.17) is 0 Å². The number of hydrogen-bond donors (Lipinski definition) is 0. The van der Waals surface area contributed by atoms with Gasteiger partial charge in [0.2, 0.25) is 0 Å². The Kier molecular flexibility index (Phi) is 3.76. The summed E-state index contributed by atoms with van der Waals surface area (Å²) >= 11 is 0. The van der Waals surface area contributed by atoms with Gasteiger partial charge in [0.15, 0.2) is 18.9 Å². The molecule has 1 heteroatoms. The molecule has 0 saturated heterocycles. The van der Waals surface area contributed by atoms with Crippen LogP contribution in [0.1, 0.15) is 39.0 Å². The number of hydrogen-bond acceptors (Lipinski definition) is 0. The van der Waals surface area contributed by atoms with E-state index in [1.165, 1.54) is 38.6 Å². The van der Waals surface area contributed by atoms with Crippen molar-refractivity contribution in [2.45, 2.75) is 45.6 Å². The molecule has 0 amide bonds. The highest BCUT2D eigenvalue weighted by molar-refractivity contribution is 4.83. The van der Waals surface area contributed by atoms with Gasteiger partial charge in [-0.3, -0.25) is 0 Å². The zero-order valence-electron chi connectivity index (χ0n) is 9.73. The Morgan fingerprint density at radius 2 is 1.53 bits per heavy atom. The second kappa shape index (κ2) is 5.29. The summed E-state index contributed by atoms with van der Waals surface area (Å²) in [6.45, 7) is 3.55. The van der Waals surface area contributed by atoms with Crippen molar-refractivity contribution in [3.8, 4) is 0 Å². The first kappa shape index (κ1) is 10.7. The summed E-state index contributed by atoms with van der Waals surface area (Å²) in [7, 11) is 0. The number of rotatable bonds is 3. The van der Waals surface area contributed by atoms with Crippen LogP contribution < -0.4 is 4.57 Å². The molecule has 1 aliphatic rings. The molecule has 0 spiro atoms. The van der Waals surface area contributed by atoms with Gasteiger partial charge >= 0.3 is 0 Å². The van der Waals surface area contributed by atoms with E-state index < -0.39 is 0 Å². The van der Waals surface area contributed by atoms with E-state index in [0.717, 1.165) is 11.8 Å². The average Bonchev–Trinajstić information content (AvgIpc) is 2.31. The lowest BCUT2D eigenvalue weighted by molar-refractivity contribution is -0.703. The van der Waals surface area contributed by atoms with Gasteiger partial charge in [-0.15, -0.1) is 0 Å². The van der Waals surface area contributed by atoms with Gasteiger partial charge in [-0.2, -0.15) is 0 Å². The standard InChI is InChI=1S/C14H22N/c1-2-13-6-8-14(9-7-13)12-15-10-4-3-5-11-15/h3-5,10-11,13-14H,2,6-9,12H2,1H3/q+1. The van der Waals surface area contributed by atoms with Crippen molar-refractivity contribution in [3.05, 3.63) is 30.6 Å². The van der Waals surface area contributed by atoms with Crippen LogP contribution in [-0.2, 0) is 6.54 Å². The minimum Gasteiger partial charge on any atom is -0.205 e. The summed E-state index contributed by atoms with van der Waals surface area (Å²) < 4.78 is 2.33. The van der Waals surface area contributed by atoms with Crippen LogP contribution in [0.4, 0.5) is 0 Å². The minimum atomic E-state index is 0.917. The predicted octanol–water partition coefficient (Wildman–Crippen LogP) is 3.19. The molecule has 1 aromatic heterocycles. The van der Waals surface area contributed by atoms with Crippen LogP contribution in [0, 0.1) is 11.8 Å². The summed E-state index contributed by atoms with van der Waals surface area (Å²) in [4.78, 5) is 0. The zero-order chi connectivity index (χ0) is 10.5. The van der Waals surface area contributed by atoms with Crippen molar-refractivity contribution < 1.29 is 4.57 Å². The summed E-state index contributed by atoms with van der Waals surface area (Å²) in [5.74, 6) is 1.93. The van der Waals surface area contributed by atoms with E-state index in [-0.39, 0.29) is 0 Å². The fourth-order valence-electron chi connectivity index (χ4n) is 2.68. The number of nitrogens with zero attached hydrogens (tertiary/aromatic N) is 1. The molecule has 1 fully saturated rings. The molecule has 1 aromatic rings. The molecule has 82 valence electrons. The van der Waals surface area contributed by atoms with Crippen LogP contribution in [0.25, 0.3) is 0 Å². The van der Waals surface area contributed by atoms with Crippen LogP contribution in [0.3, 0.4) is 0 Å². The molecule has 1 heterocycles. The first-order valence-electron chi connectivity index (χ1n) is 6.32. The molecule has 0 bridgehead atoms. The number of aromatic nitrogens is 1. The molecular formula is C14H22N+. The van der Waals surface area contributed by atoms with Crippen molar-refractivity contribution in [3.63, 3.8) is 0 Å². The second-order valence-corrected chi connectivity index (χ2v) is 4.87. The highest BCUT2D eigenvalue weighted by Crippen LogP contribution is 2.30. The molecular weight excluding hydrogens is 182 g/mol. The van der Waals surface area contributed by atoms with E-state index in [1.54, 1.807) is 0 Å². The van der Waals surface area contributed by atoms with Crippen LogP contribution in [0.2, 0.25) is 0 Å². The fraction of sp³-hybridized carbons (Fsp3) is 0.643. The molecule has 1 saturated carbocycles. The number of pyridine rings is 1. The van der Waals surface area contributed by atoms with Gasteiger partial charge < -0.3 is 0 Å². The maximum atomic E-state index is 2.33. The Morgan fingerprint density at radius 3 is 2.13 bits per heavy atom. The normalized spacial score (nSPS) is 26.5. The Morgan fingerprint density at radius 1 is 0.933 bits per heavy atom. The molecule has 0 aliphatic heterocycles. The van der Waals surface area contributed by atoms with E-state index >= 15 is 0 Å². The van der Waals surface area contributed by atoms with Gasteiger partial charge in [-0.05, 0) is 31.6 Å². The lowest BCUT2D eigenvalue weighted by Crippen LogP contribution is -2.37. The van der Waals surface area contributed by atoms with E-state index in [2.05, 4.69) is 42.1 Å². The lowest BCUT2D eigenvalue weighted by atomic mass is 9.81. The molecule has 15 heavy (non-hydrogen) atoms. The predicted molar refractivity (Wildman–Crippen MR) is 62.4 cm³/mol. The summed E-state index contributed by atoms with van der Waals surface area (Å²) in [5.41, 5.74) is 0. The molecule has 0 atom stereocenters. The van der Waals surface area contributed by atoms with E-state index in [0.29, 0.717) is 0 Å². The molecule has 0 N–H and O–H groups in total. The molecule has 0 radical (unpaired) electrons. The molecule has 0 unspecified atom stereocenters. The van der Waals surface area contributed by atoms with Gasteiger partial charge in [0.05, 0.1) is 0 Å². The van der Waals surface area contributed by atoms with Gasteiger partial charge in [0, 0.05) is 18.1 Å². The van der Waals surface area contributed by atoms with E-state index in [9.17, 15) is 0 Å². The zero-order valence-corrected chi connectivity index (χ0v) is 9.73. The van der Waals surface area contributed by atoms with Crippen molar-refractivity contribution >= 4 is 0 Å². The summed E-state index contributed by atoms with van der Waals surface area (Å²) in [6, 6.07) is 6.33. The SMILES string of the molecule is CCC1CCC(C[n+]2ccccc2)CC1. The molecule has 0 aromatic carbocycles. The minimum absolute atomic E-state index is 0.917. The Bertz CT molecular complexity index is 273. The molecule has 2 rings (SSSR count). The Labute approximate surface area is 93.1 Å². The fourth-order valence-corrected chi connectivity index (χ4v) is 2.68. The van der Waals surface area contributed by atoms with Crippen molar-refractivity contribution in [1.29, 1.82) is 0 Å². The lowest BCUT2D eigenvalue weighted by Gasteiger charge is -2.25. The third-order valence-electron chi connectivity index (χ3n) is 3.79. The molecule has 1 nitrogen and oxygen atoms in total. The van der Waals surface area contributed by atoms with Crippen molar-refractivity contribution in [2.24, 2.45) is 11.8 Å². The average molecular weight is 204 g/mol. The highest BCUT2D eigenvalue weighted by atomic mass is 14.9. The highest BCUT2D eigenvalue weighted by Gasteiger charge is 2.22. The van der Waals surface area contributed by atoms with Crippen LogP contribution >= 0.6 is 0 Å². The summed E-state index contributed by atoms with van der Waals surface area (Å²) in [6.07, 6.45) is 11.5. The van der Waals surface area contributed by atoms with Gasteiger partial charge in [-0.25, -0.2) is 4.57 Å². The van der Waals surface area contributed by atoms with E-state index in [1.807, 2.05) is 0 Å². The summed E-state index contributed by atoms with van der Waals surface area (Å²) in [5, 5.41) is 0. The maximum Gasteiger partial charge on any atom is 0.168 e. The quantitative estimate of drug-likeness (QED) is 0.666. The first-order chi connectivity index (χ1) is 7.38. The second-order valence-electron chi connectivity index (χ2n) is 4.87. The Balaban J connectivity index is 1.82. The van der Waals surface area contributed by atoms with Crippen LogP contribution in [0.15, 0.2) is 30.6 Å².